The molecule has 0 aromatic heterocycles. The van der Waals surface area contributed by atoms with E-state index in [9.17, 15) is 4.79 Å². The molecule has 0 saturated heterocycles. The third kappa shape index (κ3) is 4.97. The average Bonchev–Trinajstić information content (AvgIpc) is 2.36. The number of hydrogen-bond acceptors (Lipinski definition) is 3. The van der Waals surface area contributed by atoms with Gasteiger partial charge in [-0.15, -0.1) is 0 Å². The lowest BCUT2D eigenvalue weighted by atomic mass is 10.2. The molecule has 1 amide bonds. The van der Waals surface area contributed by atoms with Crippen LogP contribution in [0.4, 0.5) is 0 Å². The third-order valence-electron chi connectivity index (χ3n) is 2.74. The maximum atomic E-state index is 11.6. The summed E-state index contributed by atoms with van der Waals surface area (Å²) < 4.78 is 0. The molecule has 0 radical (unpaired) electrons. The second-order valence-corrected chi connectivity index (χ2v) is 4.21. The summed E-state index contributed by atoms with van der Waals surface area (Å²) in [5.74, 6) is -0.0309. The van der Waals surface area contributed by atoms with Gasteiger partial charge in [0, 0.05) is 12.6 Å². The molecule has 1 rings (SSSR count). The summed E-state index contributed by atoms with van der Waals surface area (Å²) in [4.78, 5) is 13.4. The van der Waals surface area contributed by atoms with Crippen molar-refractivity contribution in [1.82, 2.24) is 10.2 Å². The quantitative estimate of drug-likeness (QED) is 0.761. The molecule has 0 bridgehead atoms. The Morgan fingerprint density at radius 1 is 1.41 bits per heavy atom. The lowest BCUT2D eigenvalue weighted by Gasteiger charge is -2.21. The Kier molecular flexibility index (Phi) is 5.66. The molecule has 94 valence electrons. The van der Waals surface area contributed by atoms with Crippen molar-refractivity contribution in [3.8, 4) is 0 Å². The van der Waals surface area contributed by atoms with Crippen LogP contribution in [0.15, 0.2) is 30.3 Å². The van der Waals surface area contributed by atoms with Gasteiger partial charge in [0.15, 0.2) is 0 Å². The number of rotatable bonds is 6. The van der Waals surface area contributed by atoms with Gasteiger partial charge >= 0.3 is 0 Å². The first kappa shape index (κ1) is 13.7. The summed E-state index contributed by atoms with van der Waals surface area (Å²) in [7, 11) is 1.82. The fourth-order valence-corrected chi connectivity index (χ4v) is 1.37. The summed E-state index contributed by atoms with van der Waals surface area (Å²) in [5.41, 5.74) is 1.08. The molecule has 1 aromatic rings. The highest BCUT2D eigenvalue weighted by Gasteiger charge is 2.11. The van der Waals surface area contributed by atoms with Gasteiger partial charge in [-0.3, -0.25) is 9.69 Å². The fourth-order valence-electron chi connectivity index (χ4n) is 1.37. The number of nitrogens with zero attached hydrogens (tertiary/aromatic N) is 1. The Morgan fingerprint density at radius 3 is 2.65 bits per heavy atom. The zero-order chi connectivity index (χ0) is 12.7. The minimum Gasteiger partial charge on any atom is -0.395 e. The van der Waals surface area contributed by atoms with Gasteiger partial charge in [0.05, 0.1) is 13.2 Å². The molecular formula is C13H20N2O2. The summed E-state index contributed by atoms with van der Waals surface area (Å²) in [6.45, 7) is 2.78. The summed E-state index contributed by atoms with van der Waals surface area (Å²) in [5, 5.41) is 11.8. The molecule has 2 N–H and O–H groups in total. The van der Waals surface area contributed by atoms with E-state index < -0.39 is 0 Å². The molecule has 1 atom stereocenters. The van der Waals surface area contributed by atoms with Gasteiger partial charge < -0.3 is 10.4 Å². The first-order chi connectivity index (χ1) is 8.13. The van der Waals surface area contributed by atoms with Crippen LogP contribution in [0.5, 0.6) is 0 Å². The van der Waals surface area contributed by atoms with E-state index in [1.165, 1.54) is 0 Å². The molecule has 0 fully saturated rings. The Bertz CT molecular complexity index is 341. The van der Waals surface area contributed by atoms with E-state index in [4.69, 9.17) is 5.11 Å². The molecule has 17 heavy (non-hydrogen) atoms. The van der Waals surface area contributed by atoms with Gasteiger partial charge in [0.1, 0.15) is 0 Å². The number of nitrogens with one attached hydrogen (secondary N) is 1. The number of aliphatic hydroxyl groups is 1. The second-order valence-electron chi connectivity index (χ2n) is 4.21. The zero-order valence-corrected chi connectivity index (χ0v) is 10.4. The molecule has 0 saturated carbocycles. The monoisotopic (exact) mass is 236 g/mol. The van der Waals surface area contributed by atoms with E-state index in [1.807, 2.05) is 49.2 Å². The van der Waals surface area contributed by atoms with Crippen LogP contribution in [0.3, 0.4) is 0 Å². The fraction of sp³-hybridized carbons (Fsp3) is 0.462. The molecule has 0 spiro atoms. The van der Waals surface area contributed by atoms with E-state index >= 15 is 0 Å². The number of aliphatic hydroxyl groups excluding tert-OH is 1. The van der Waals surface area contributed by atoms with Gasteiger partial charge in [-0.05, 0) is 19.5 Å². The van der Waals surface area contributed by atoms with Crippen LogP contribution in [-0.2, 0) is 11.3 Å². The first-order valence-electron chi connectivity index (χ1n) is 5.75. The highest BCUT2D eigenvalue weighted by atomic mass is 16.3. The summed E-state index contributed by atoms with van der Waals surface area (Å²) in [6.07, 6.45) is 0. The Balaban J connectivity index is 2.31. The predicted molar refractivity (Wildman–Crippen MR) is 67.5 cm³/mol. The standard InChI is InChI=1S/C13H20N2O2/c1-11(10-16)15(2)9-13(17)14-8-12-6-4-3-5-7-12/h3-7,11,16H,8-10H2,1-2H3,(H,14,17). The van der Waals surface area contributed by atoms with Gasteiger partial charge in [-0.2, -0.15) is 0 Å². The topological polar surface area (TPSA) is 52.6 Å². The smallest absolute Gasteiger partial charge is 0.234 e. The highest BCUT2D eigenvalue weighted by molar-refractivity contribution is 5.78. The Labute approximate surface area is 102 Å². The maximum Gasteiger partial charge on any atom is 0.234 e. The van der Waals surface area contributed by atoms with Crippen molar-refractivity contribution >= 4 is 5.91 Å². The third-order valence-corrected chi connectivity index (χ3v) is 2.74. The van der Waals surface area contributed by atoms with Gasteiger partial charge in [0.2, 0.25) is 5.91 Å². The molecule has 0 aliphatic rings. The molecule has 0 heterocycles. The van der Waals surface area contributed by atoms with E-state index in [1.54, 1.807) is 0 Å². The molecule has 4 nitrogen and oxygen atoms in total. The Morgan fingerprint density at radius 2 is 2.06 bits per heavy atom. The molecular weight excluding hydrogens is 216 g/mol. The van der Waals surface area contributed by atoms with Crippen molar-refractivity contribution in [3.63, 3.8) is 0 Å². The second kappa shape index (κ2) is 7.04. The summed E-state index contributed by atoms with van der Waals surface area (Å²) in [6, 6.07) is 9.78. The number of carbonyl (C=O) groups excluding carboxylic acids is 1. The number of likely N-dealkylation sites (N-methyl/N-ethyl adjacent to an activating group) is 1. The number of hydrogen-bond donors (Lipinski definition) is 2. The van der Waals surface area contributed by atoms with Gasteiger partial charge in [-0.25, -0.2) is 0 Å². The number of benzene rings is 1. The Hall–Kier alpha value is -1.39. The van der Waals surface area contributed by atoms with E-state index in [0.29, 0.717) is 13.1 Å². The van der Waals surface area contributed by atoms with Crippen LogP contribution >= 0.6 is 0 Å². The molecule has 4 heteroatoms. The van der Waals surface area contributed by atoms with Crippen LogP contribution in [0, 0.1) is 0 Å². The van der Waals surface area contributed by atoms with Crippen molar-refractivity contribution in [3.05, 3.63) is 35.9 Å². The lowest BCUT2D eigenvalue weighted by molar-refractivity contribution is -0.122. The van der Waals surface area contributed by atoms with Gasteiger partial charge in [-0.1, -0.05) is 30.3 Å². The SMILES string of the molecule is CC(CO)N(C)CC(=O)NCc1ccccc1. The molecule has 1 unspecified atom stereocenters. The number of carbonyl (C=O) groups is 1. The van der Waals surface area contributed by atoms with Crippen molar-refractivity contribution in [2.24, 2.45) is 0 Å². The van der Waals surface area contributed by atoms with Crippen molar-refractivity contribution in [2.45, 2.75) is 19.5 Å². The maximum absolute atomic E-state index is 11.6. The minimum absolute atomic E-state index is 0.00234. The molecule has 1 aromatic carbocycles. The first-order valence-corrected chi connectivity index (χ1v) is 5.75. The predicted octanol–water partition coefficient (Wildman–Crippen LogP) is 0.615. The largest absolute Gasteiger partial charge is 0.395 e. The highest BCUT2D eigenvalue weighted by Crippen LogP contribution is 1.98. The van der Waals surface area contributed by atoms with Crippen LogP contribution in [0.25, 0.3) is 0 Å². The normalized spacial score (nSPS) is 12.5. The minimum atomic E-state index is -0.0309. The van der Waals surface area contributed by atoms with Crippen LogP contribution in [0.2, 0.25) is 0 Å². The van der Waals surface area contributed by atoms with E-state index in [2.05, 4.69) is 5.32 Å². The van der Waals surface area contributed by atoms with Crippen molar-refractivity contribution in [2.75, 3.05) is 20.2 Å². The van der Waals surface area contributed by atoms with Crippen LogP contribution < -0.4 is 5.32 Å². The zero-order valence-electron chi connectivity index (χ0n) is 10.4. The van der Waals surface area contributed by atoms with Crippen molar-refractivity contribution < 1.29 is 9.90 Å². The number of amides is 1. The van der Waals surface area contributed by atoms with Crippen LogP contribution in [-0.4, -0.2) is 42.2 Å². The molecule has 0 aliphatic heterocycles. The van der Waals surface area contributed by atoms with Crippen molar-refractivity contribution in [1.29, 1.82) is 0 Å². The lowest BCUT2D eigenvalue weighted by Crippen LogP contribution is -2.40. The van der Waals surface area contributed by atoms with Gasteiger partial charge in [0.25, 0.3) is 0 Å². The van der Waals surface area contributed by atoms with E-state index in [-0.39, 0.29) is 18.6 Å². The molecule has 0 aliphatic carbocycles. The average molecular weight is 236 g/mol. The van der Waals surface area contributed by atoms with Crippen LogP contribution in [0.1, 0.15) is 12.5 Å². The summed E-state index contributed by atoms with van der Waals surface area (Å²) >= 11 is 0. The van der Waals surface area contributed by atoms with E-state index in [0.717, 1.165) is 5.56 Å².